The van der Waals surface area contributed by atoms with Gasteiger partial charge in [0.2, 0.25) is 18.1 Å². The van der Waals surface area contributed by atoms with Gasteiger partial charge >= 0.3 is 0 Å². The molecule has 1 saturated heterocycles. The van der Waals surface area contributed by atoms with Crippen molar-refractivity contribution in [2.75, 3.05) is 18.4 Å². The van der Waals surface area contributed by atoms with Crippen molar-refractivity contribution < 1.29 is 23.3 Å². The van der Waals surface area contributed by atoms with E-state index in [2.05, 4.69) is 15.8 Å². The predicted octanol–water partition coefficient (Wildman–Crippen LogP) is 3.05. The van der Waals surface area contributed by atoms with E-state index >= 15 is 0 Å². The van der Waals surface area contributed by atoms with Crippen molar-refractivity contribution in [2.45, 2.75) is 31.7 Å². The highest BCUT2D eigenvalue weighted by molar-refractivity contribution is 5.95. The van der Waals surface area contributed by atoms with Crippen molar-refractivity contribution in [1.29, 1.82) is 0 Å². The molecule has 9 heteroatoms. The predicted molar refractivity (Wildman–Crippen MR) is 123 cm³/mol. The summed E-state index contributed by atoms with van der Waals surface area (Å²) in [5, 5.41) is 9.16. The summed E-state index contributed by atoms with van der Waals surface area (Å²) in [5.74, 6) is -1.21. The summed E-state index contributed by atoms with van der Waals surface area (Å²) in [6.07, 6.45) is 1.47. The Labute approximate surface area is 196 Å². The number of amides is 3. The SMILES string of the molecule is Cc1cc(C(=O)NC(Cc2cccc(F)c2)C(=O)N2CCC(c3ccccc3NC=O)C2)on1. The first-order valence-electron chi connectivity index (χ1n) is 11.0. The number of likely N-dealkylation sites (tertiary alicyclic amines) is 1. The minimum Gasteiger partial charge on any atom is -0.351 e. The van der Waals surface area contributed by atoms with Crippen LogP contribution in [0.15, 0.2) is 59.1 Å². The van der Waals surface area contributed by atoms with Gasteiger partial charge in [-0.1, -0.05) is 35.5 Å². The van der Waals surface area contributed by atoms with Crippen molar-refractivity contribution >= 4 is 23.9 Å². The molecule has 2 N–H and O–H groups in total. The fourth-order valence-corrected chi connectivity index (χ4v) is 4.28. The van der Waals surface area contributed by atoms with E-state index in [-0.39, 0.29) is 24.0 Å². The maximum absolute atomic E-state index is 13.8. The zero-order valence-electron chi connectivity index (χ0n) is 18.7. The number of para-hydroxylation sites is 1. The summed E-state index contributed by atoms with van der Waals surface area (Å²) in [4.78, 5) is 38.9. The molecule has 0 spiro atoms. The standard InChI is InChI=1S/C25H25FN4O4/c1-16-11-23(34-29-16)24(32)28-22(13-17-5-4-6-19(26)12-17)25(33)30-10-9-18(14-30)20-7-2-3-8-21(20)27-15-31/h2-8,11-12,15,18,22H,9-10,13-14H2,1H3,(H,27,31)(H,28,32). The van der Waals surface area contributed by atoms with Gasteiger partial charge in [-0.05, 0) is 42.7 Å². The highest BCUT2D eigenvalue weighted by Gasteiger charge is 2.34. The average Bonchev–Trinajstić information content (AvgIpc) is 3.48. The Morgan fingerprint density at radius 2 is 2.06 bits per heavy atom. The number of aromatic nitrogens is 1. The lowest BCUT2D eigenvalue weighted by Crippen LogP contribution is -2.49. The lowest BCUT2D eigenvalue weighted by atomic mass is 9.96. The third-order valence-electron chi connectivity index (χ3n) is 5.90. The van der Waals surface area contributed by atoms with Gasteiger partial charge in [-0.2, -0.15) is 0 Å². The van der Waals surface area contributed by atoms with Crippen molar-refractivity contribution in [3.8, 4) is 0 Å². The number of carbonyl (C=O) groups excluding carboxylic acids is 3. The molecule has 34 heavy (non-hydrogen) atoms. The number of hydrogen-bond acceptors (Lipinski definition) is 5. The van der Waals surface area contributed by atoms with Gasteiger partial charge in [0.15, 0.2) is 0 Å². The van der Waals surface area contributed by atoms with Crippen LogP contribution < -0.4 is 10.6 Å². The van der Waals surface area contributed by atoms with Crippen molar-refractivity contribution in [3.63, 3.8) is 0 Å². The summed E-state index contributed by atoms with van der Waals surface area (Å²) in [6.45, 7) is 2.63. The van der Waals surface area contributed by atoms with E-state index in [0.29, 0.717) is 42.9 Å². The zero-order valence-corrected chi connectivity index (χ0v) is 18.7. The summed E-state index contributed by atoms with van der Waals surface area (Å²) in [6, 6.07) is 14.0. The van der Waals surface area contributed by atoms with Gasteiger partial charge < -0.3 is 20.1 Å². The first kappa shape index (κ1) is 23.2. The molecule has 2 unspecified atom stereocenters. The number of halogens is 1. The van der Waals surface area contributed by atoms with Crippen LogP contribution in [0, 0.1) is 12.7 Å². The Morgan fingerprint density at radius 3 is 2.79 bits per heavy atom. The molecule has 8 nitrogen and oxygen atoms in total. The fraction of sp³-hybridized carbons (Fsp3) is 0.280. The van der Waals surface area contributed by atoms with Crippen molar-refractivity contribution in [2.24, 2.45) is 0 Å². The molecule has 0 saturated carbocycles. The maximum atomic E-state index is 13.8. The monoisotopic (exact) mass is 464 g/mol. The number of anilines is 1. The summed E-state index contributed by atoms with van der Waals surface area (Å²) in [5.41, 5.74) is 2.79. The normalized spacial score (nSPS) is 16.2. The lowest BCUT2D eigenvalue weighted by molar-refractivity contribution is -0.132. The van der Waals surface area contributed by atoms with E-state index in [1.165, 1.54) is 18.2 Å². The van der Waals surface area contributed by atoms with Crippen LogP contribution in [0.1, 0.15) is 39.7 Å². The second-order valence-electron chi connectivity index (χ2n) is 8.31. The molecule has 1 aliphatic heterocycles. The largest absolute Gasteiger partial charge is 0.351 e. The van der Waals surface area contributed by atoms with Gasteiger partial charge in [-0.3, -0.25) is 14.4 Å². The van der Waals surface area contributed by atoms with E-state index in [1.807, 2.05) is 24.3 Å². The Kier molecular flexibility index (Phi) is 7.01. The average molecular weight is 464 g/mol. The summed E-state index contributed by atoms with van der Waals surface area (Å²) in [7, 11) is 0. The van der Waals surface area contributed by atoms with Crippen LogP contribution in [-0.2, 0) is 16.0 Å². The van der Waals surface area contributed by atoms with E-state index in [4.69, 9.17) is 4.52 Å². The maximum Gasteiger partial charge on any atom is 0.290 e. The molecule has 1 aromatic heterocycles. The Balaban J connectivity index is 1.53. The first-order valence-corrected chi connectivity index (χ1v) is 11.0. The Hall–Kier alpha value is -4.01. The molecule has 4 rings (SSSR count). The highest BCUT2D eigenvalue weighted by atomic mass is 19.1. The first-order chi connectivity index (χ1) is 16.4. The van der Waals surface area contributed by atoms with E-state index < -0.39 is 17.8 Å². The van der Waals surface area contributed by atoms with Gasteiger partial charge in [-0.25, -0.2) is 4.39 Å². The molecule has 2 heterocycles. The molecule has 0 aliphatic carbocycles. The number of rotatable bonds is 8. The Bertz CT molecular complexity index is 1190. The quantitative estimate of drug-likeness (QED) is 0.499. The van der Waals surface area contributed by atoms with E-state index in [9.17, 15) is 18.8 Å². The molecule has 176 valence electrons. The van der Waals surface area contributed by atoms with Crippen LogP contribution in [0.25, 0.3) is 0 Å². The van der Waals surface area contributed by atoms with Crippen LogP contribution in [-0.4, -0.2) is 47.4 Å². The van der Waals surface area contributed by atoms with E-state index in [0.717, 1.165) is 5.56 Å². The highest BCUT2D eigenvalue weighted by Crippen LogP contribution is 2.32. The Morgan fingerprint density at radius 1 is 1.24 bits per heavy atom. The molecular weight excluding hydrogens is 439 g/mol. The molecular formula is C25H25FN4O4. The molecule has 0 bridgehead atoms. The number of carbonyl (C=O) groups is 3. The topological polar surface area (TPSA) is 105 Å². The van der Waals surface area contributed by atoms with Gasteiger partial charge in [0.05, 0.1) is 5.69 Å². The van der Waals surface area contributed by atoms with Gasteiger partial charge in [-0.15, -0.1) is 0 Å². The van der Waals surface area contributed by atoms with Crippen LogP contribution in [0.5, 0.6) is 0 Å². The fourth-order valence-electron chi connectivity index (χ4n) is 4.28. The minimum atomic E-state index is -0.915. The third-order valence-corrected chi connectivity index (χ3v) is 5.90. The van der Waals surface area contributed by atoms with Gasteiger partial charge in [0.1, 0.15) is 11.9 Å². The van der Waals surface area contributed by atoms with Crippen molar-refractivity contribution in [1.82, 2.24) is 15.4 Å². The van der Waals surface area contributed by atoms with Crippen LogP contribution >= 0.6 is 0 Å². The van der Waals surface area contributed by atoms with Crippen molar-refractivity contribution in [3.05, 3.63) is 83.0 Å². The van der Waals surface area contributed by atoms with Crippen LogP contribution in [0.3, 0.4) is 0 Å². The zero-order chi connectivity index (χ0) is 24.1. The molecule has 1 aliphatic rings. The molecule has 1 fully saturated rings. The van der Waals surface area contributed by atoms with Crippen LogP contribution in [0.4, 0.5) is 10.1 Å². The smallest absolute Gasteiger partial charge is 0.290 e. The number of hydrogen-bond donors (Lipinski definition) is 2. The third kappa shape index (κ3) is 5.31. The summed E-state index contributed by atoms with van der Waals surface area (Å²) >= 11 is 0. The number of aryl methyl sites for hydroxylation is 1. The van der Waals surface area contributed by atoms with Gasteiger partial charge in [0.25, 0.3) is 5.91 Å². The lowest BCUT2D eigenvalue weighted by Gasteiger charge is -2.24. The molecule has 3 aromatic rings. The van der Waals surface area contributed by atoms with E-state index in [1.54, 1.807) is 24.0 Å². The molecule has 0 radical (unpaired) electrons. The second-order valence-corrected chi connectivity index (χ2v) is 8.31. The number of benzene rings is 2. The number of nitrogens with zero attached hydrogens (tertiary/aromatic N) is 2. The number of nitrogens with one attached hydrogen (secondary N) is 2. The van der Waals surface area contributed by atoms with Crippen LogP contribution in [0.2, 0.25) is 0 Å². The second kappa shape index (κ2) is 10.3. The van der Waals surface area contributed by atoms with Gasteiger partial charge in [0, 0.05) is 37.2 Å². The molecule has 2 atom stereocenters. The minimum absolute atomic E-state index is 0.00251. The molecule has 3 amide bonds. The molecule has 2 aromatic carbocycles. The summed E-state index contributed by atoms with van der Waals surface area (Å²) < 4.78 is 18.8.